The Labute approximate surface area is 121 Å². The van der Waals surface area contributed by atoms with Crippen LogP contribution >= 0.6 is 11.6 Å². The molecule has 0 aromatic heterocycles. The van der Waals surface area contributed by atoms with Crippen molar-refractivity contribution in [3.8, 4) is 0 Å². The molecule has 5 nitrogen and oxygen atoms in total. The van der Waals surface area contributed by atoms with Crippen LogP contribution in [0.5, 0.6) is 0 Å². The number of halogens is 1. The molecule has 0 fully saturated rings. The highest BCUT2D eigenvalue weighted by molar-refractivity contribution is 6.30. The third-order valence-corrected chi connectivity index (χ3v) is 3.18. The van der Waals surface area contributed by atoms with E-state index in [1.807, 2.05) is 18.2 Å². The highest BCUT2D eigenvalue weighted by Crippen LogP contribution is 2.33. The average molecular weight is 292 g/mol. The quantitative estimate of drug-likeness (QED) is 0.532. The summed E-state index contributed by atoms with van der Waals surface area (Å²) >= 11 is 5.93. The van der Waals surface area contributed by atoms with Gasteiger partial charge >= 0.3 is 5.69 Å². The van der Waals surface area contributed by atoms with Crippen molar-refractivity contribution in [1.82, 2.24) is 0 Å². The highest BCUT2D eigenvalue weighted by atomic mass is 35.5. The third kappa shape index (κ3) is 3.00. The number of para-hydroxylation sites is 1. The molecule has 0 saturated heterocycles. The minimum absolute atomic E-state index is 0.0722. The van der Waals surface area contributed by atoms with Crippen molar-refractivity contribution in [3.05, 3.63) is 63.2 Å². The zero-order valence-corrected chi connectivity index (χ0v) is 11.7. The zero-order chi connectivity index (χ0) is 14.7. The lowest BCUT2D eigenvalue weighted by molar-refractivity contribution is -0.383. The normalized spacial score (nSPS) is 10.3. The Morgan fingerprint density at radius 2 is 2.00 bits per heavy atom. The summed E-state index contributed by atoms with van der Waals surface area (Å²) in [5.41, 5.74) is 7.22. The van der Waals surface area contributed by atoms with Crippen LogP contribution in [0.4, 0.5) is 17.1 Å². The molecule has 104 valence electrons. The molecule has 0 bridgehead atoms. The second kappa shape index (κ2) is 5.79. The van der Waals surface area contributed by atoms with Crippen LogP contribution < -0.4 is 10.6 Å². The number of hydrogen-bond acceptors (Lipinski definition) is 4. The van der Waals surface area contributed by atoms with Gasteiger partial charge in [-0.05, 0) is 29.8 Å². The highest BCUT2D eigenvalue weighted by Gasteiger charge is 2.20. The van der Waals surface area contributed by atoms with E-state index in [1.165, 1.54) is 6.07 Å². The molecule has 0 atom stereocenters. The van der Waals surface area contributed by atoms with E-state index in [2.05, 4.69) is 0 Å². The molecule has 0 aliphatic heterocycles. The van der Waals surface area contributed by atoms with Crippen LogP contribution in [0, 0.1) is 10.1 Å². The first-order valence-electron chi connectivity index (χ1n) is 5.97. The largest absolute Gasteiger partial charge is 0.393 e. The molecule has 2 N–H and O–H groups in total. The maximum Gasteiger partial charge on any atom is 0.315 e. The predicted molar refractivity (Wildman–Crippen MR) is 81.1 cm³/mol. The SMILES string of the molecule is CN(Cc1cccc(Cl)c1)c1cccc(N)c1[N+](=O)[O-]. The molecule has 0 radical (unpaired) electrons. The zero-order valence-electron chi connectivity index (χ0n) is 10.9. The Morgan fingerprint density at radius 1 is 1.30 bits per heavy atom. The van der Waals surface area contributed by atoms with Gasteiger partial charge in [-0.3, -0.25) is 10.1 Å². The number of nitro benzene ring substituents is 1. The topological polar surface area (TPSA) is 72.4 Å². The number of nitrogen functional groups attached to an aromatic ring is 1. The lowest BCUT2D eigenvalue weighted by Gasteiger charge is -2.19. The lowest BCUT2D eigenvalue weighted by atomic mass is 10.1. The Balaban J connectivity index is 2.32. The van der Waals surface area contributed by atoms with Crippen molar-refractivity contribution in [2.45, 2.75) is 6.54 Å². The summed E-state index contributed by atoms with van der Waals surface area (Å²) in [5.74, 6) is 0. The van der Waals surface area contributed by atoms with Gasteiger partial charge in [0.1, 0.15) is 11.4 Å². The van der Waals surface area contributed by atoms with E-state index in [-0.39, 0.29) is 11.4 Å². The van der Waals surface area contributed by atoms with Gasteiger partial charge in [-0.15, -0.1) is 0 Å². The second-order valence-electron chi connectivity index (χ2n) is 4.46. The Bertz CT molecular complexity index is 646. The van der Waals surface area contributed by atoms with E-state index in [9.17, 15) is 10.1 Å². The van der Waals surface area contributed by atoms with Crippen LogP contribution in [0.1, 0.15) is 5.56 Å². The van der Waals surface area contributed by atoms with Crippen LogP contribution in [0.2, 0.25) is 5.02 Å². The van der Waals surface area contributed by atoms with Gasteiger partial charge in [-0.1, -0.05) is 29.8 Å². The first kappa shape index (κ1) is 14.1. The van der Waals surface area contributed by atoms with Crippen LogP contribution in [0.25, 0.3) is 0 Å². The van der Waals surface area contributed by atoms with E-state index < -0.39 is 4.92 Å². The summed E-state index contributed by atoms with van der Waals surface area (Å²) < 4.78 is 0. The molecule has 0 spiro atoms. The summed E-state index contributed by atoms with van der Waals surface area (Å²) in [5, 5.41) is 11.8. The minimum atomic E-state index is -0.459. The molecule has 0 aliphatic rings. The fourth-order valence-corrected chi connectivity index (χ4v) is 2.26. The molecule has 20 heavy (non-hydrogen) atoms. The van der Waals surface area contributed by atoms with Crippen LogP contribution in [0.3, 0.4) is 0 Å². The molecule has 2 rings (SSSR count). The second-order valence-corrected chi connectivity index (χ2v) is 4.89. The Morgan fingerprint density at radius 3 is 2.65 bits per heavy atom. The van der Waals surface area contributed by atoms with Crippen molar-refractivity contribution in [3.63, 3.8) is 0 Å². The molecule has 2 aromatic rings. The number of nitrogens with two attached hydrogens (primary N) is 1. The van der Waals surface area contributed by atoms with E-state index in [1.54, 1.807) is 30.1 Å². The fraction of sp³-hybridized carbons (Fsp3) is 0.143. The van der Waals surface area contributed by atoms with Gasteiger partial charge in [-0.25, -0.2) is 0 Å². The third-order valence-electron chi connectivity index (χ3n) is 2.95. The van der Waals surface area contributed by atoms with Crippen LogP contribution in [0.15, 0.2) is 42.5 Å². The van der Waals surface area contributed by atoms with Gasteiger partial charge in [0.15, 0.2) is 0 Å². The van der Waals surface area contributed by atoms with Crippen molar-refractivity contribution in [2.75, 3.05) is 17.7 Å². The number of benzene rings is 2. The molecule has 0 saturated carbocycles. The van der Waals surface area contributed by atoms with E-state index >= 15 is 0 Å². The molecule has 6 heteroatoms. The van der Waals surface area contributed by atoms with Gasteiger partial charge in [0.2, 0.25) is 0 Å². The summed E-state index contributed by atoms with van der Waals surface area (Å²) in [7, 11) is 1.78. The van der Waals surface area contributed by atoms with Crippen molar-refractivity contribution < 1.29 is 4.92 Å². The molecular formula is C14H14ClN3O2. The van der Waals surface area contributed by atoms with Crippen LogP contribution in [-0.4, -0.2) is 12.0 Å². The number of rotatable bonds is 4. The molecule has 0 amide bonds. The monoisotopic (exact) mass is 291 g/mol. The fourth-order valence-electron chi connectivity index (χ4n) is 2.05. The maximum atomic E-state index is 11.1. The predicted octanol–water partition coefficient (Wildman–Crippen LogP) is 3.47. The summed E-state index contributed by atoms with van der Waals surface area (Å²) in [6.07, 6.45) is 0. The van der Waals surface area contributed by atoms with E-state index in [0.717, 1.165) is 5.56 Å². The van der Waals surface area contributed by atoms with E-state index in [0.29, 0.717) is 17.3 Å². The number of hydrogen-bond donors (Lipinski definition) is 1. The van der Waals surface area contributed by atoms with E-state index in [4.69, 9.17) is 17.3 Å². The summed E-state index contributed by atoms with van der Waals surface area (Å²) in [6, 6.07) is 12.3. The first-order chi connectivity index (χ1) is 9.49. The maximum absolute atomic E-state index is 11.1. The minimum Gasteiger partial charge on any atom is -0.393 e. The Hall–Kier alpha value is -2.27. The Kier molecular flexibility index (Phi) is 4.10. The standard InChI is InChI=1S/C14H14ClN3O2/c1-17(9-10-4-2-5-11(15)8-10)13-7-3-6-12(16)14(13)18(19)20/h2-8H,9,16H2,1H3. The van der Waals surface area contributed by atoms with Gasteiger partial charge in [0, 0.05) is 18.6 Å². The van der Waals surface area contributed by atoms with Crippen LogP contribution in [-0.2, 0) is 6.54 Å². The van der Waals surface area contributed by atoms with Gasteiger partial charge in [0.25, 0.3) is 0 Å². The van der Waals surface area contributed by atoms with Gasteiger partial charge in [-0.2, -0.15) is 0 Å². The summed E-state index contributed by atoms with van der Waals surface area (Å²) in [4.78, 5) is 12.5. The average Bonchev–Trinajstić information content (AvgIpc) is 2.37. The molecule has 2 aromatic carbocycles. The number of nitrogens with zero attached hydrogens (tertiary/aromatic N) is 2. The van der Waals surface area contributed by atoms with Gasteiger partial charge in [0.05, 0.1) is 4.92 Å². The van der Waals surface area contributed by atoms with Gasteiger partial charge < -0.3 is 10.6 Å². The van der Waals surface area contributed by atoms with Crippen molar-refractivity contribution in [2.24, 2.45) is 0 Å². The number of anilines is 2. The lowest BCUT2D eigenvalue weighted by Crippen LogP contribution is -2.18. The summed E-state index contributed by atoms with van der Waals surface area (Å²) in [6.45, 7) is 0.505. The molecule has 0 heterocycles. The first-order valence-corrected chi connectivity index (χ1v) is 6.35. The molecule has 0 unspecified atom stereocenters. The van der Waals surface area contributed by atoms with Crippen molar-refractivity contribution in [1.29, 1.82) is 0 Å². The van der Waals surface area contributed by atoms with Crippen molar-refractivity contribution >= 4 is 28.7 Å². The smallest absolute Gasteiger partial charge is 0.315 e. The molecular weight excluding hydrogens is 278 g/mol. The molecule has 0 aliphatic carbocycles. The number of nitro groups is 1.